The van der Waals surface area contributed by atoms with E-state index in [0.717, 1.165) is 16.7 Å². The second kappa shape index (κ2) is 9.97. The van der Waals surface area contributed by atoms with Gasteiger partial charge in [0.25, 0.3) is 0 Å². The number of amides is 2. The van der Waals surface area contributed by atoms with Crippen molar-refractivity contribution in [3.63, 3.8) is 0 Å². The second-order valence-electron chi connectivity index (χ2n) is 6.61. The van der Waals surface area contributed by atoms with Gasteiger partial charge in [0.05, 0.1) is 11.9 Å². The maximum absolute atomic E-state index is 12.1. The Morgan fingerprint density at radius 1 is 1.07 bits per heavy atom. The van der Waals surface area contributed by atoms with Crippen LogP contribution in [0, 0.1) is 0 Å². The van der Waals surface area contributed by atoms with Crippen LogP contribution in [0.15, 0.2) is 66.9 Å². The molecule has 0 bridgehead atoms. The van der Waals surface area contributed by atoms with Crippen LogP contribution in [-0.2, 0) is 11.2 Å². The van der Waals surface area contributed by atoms with Crippen molar-refractivity contribution in [3.05, 3.63) is 78.1 Å². The van der Waals surface area contributed by atoms with Crippen LogP contribution in [0.5, 0.6) is 5.75 Å². The Morgan fingerprint density at radius 3 is 2.53 bits per heavy atom. The Morgan fingerprint density at radius 2 is 1.87 bits per heavy atom. The summed E-state index contributed by atoms with van der Waals surface area (Å²) in [5.41, 5.74) is 8.66. The van der Waals surface area contributed by atoms with E-state index in [1.54, 1.807) is 12.1 Å². The van der Waals surface area contributed by atoms with Gasteiger partial charge >= 0.3 is 6.09 Å². The van der Waals surface area contributed by atoms with Crippen molar-refractivity contribution in [2.45, 2.75) is 19.3 Å². The number of hydrogen-bond donors (Lipinski definition) is 2. The van der Waals surface area contributed by atoms with Crippen LogP contribution in [0.4, 0.5) is 10.5 Å². The van der Waals surface area contributed by atoms with Crippen molar-refractivity contribution < 1.29 is 19.1 Å². The van der Waals surface area contributed by atoms with Crippen LogP contribution in [0.2, 0.25) is 0 Å². The zero-order chi connectivity index (χ0) is 21.3. The molecule has 0 saturated carbocycles. The quantitative estimate of drug-likeness (QED) is 0.553. The zero-order valence-electron chi connectivity index (χ0n) is 16.2. The fourth-order valence-corrected chi connectivity index (χ4v) is 3.00. The van der Waals surface area contributed by atoms with Gasteiger partial charge in [0, 0.05) is 12.0 Å². The van der Waals surface area contributed by atoms with Gasteiger partial charge in [0.15, 0.2) is 6.29 Å². The topological polar surface area (TPSA) is 111 Å². The molecule has 0 atom stereocenters. The number of aryl methyl sites for hydroxylation is 1. The molecule has 0 saturated heterocycles. The van der Waals surface area contributed by atoms with E-state index in [-0.39, 0.29) is 5.91 Å². The fourth-order valence-electron chi connectivity index (χ4n) is 3.00. The van der Waals surface area contributed by atoms with Crippen LogP contribution >= 0.6 is 0 Å². The number of nitrogens with one attached hydrogen (secondary N) is 1. The summed E-state index contributed by atoms with van der Waals surface area (Å²) in [6, 6.07) is 18.3. The summed E-state index contributed by atoms with van der Waals surface area (Å²) in [6.07, 6.45) is 2.74. The van der Waals surface area contributed by atoms with Gasteiger partial charge in [-0.05, 0) is 42.2 Å². The second-order valence-corrected chi connectivity index (χ2v) is 6.61. The number of benzene rings is 2. The number of nitrogens with two attached hydrogens (primary N) is 1. The molecular weight excluding hydrogens is 382 g/mol. The lowest BCUT2D eigenvalue weighted by Crippen LogP contribution is -2.16. The molecule has 30 heavy (non-hydrogen) atoms. The van der Waals surface area contributed by atoms with E-state index in [1.807, 2.05) is 42.5 Å². The molecule has 0 unspecified atom stereocenters. The first kappa shape index (κ1) is 20.7. The Balaban J connectivity index is 1.61. The third-order valence-electron chi connectivity index (χ3n) is 4.40. The third-order valence-corrected chi connectivity index (χ3v) is 4.40. The predicted octanol–water partition coefficient (Wildman–Crippen LogP) is 3.98. The summed E-state index contributed by atoms with van der Waals surface area (Å²) < 4.78 is 5.19. The van der Waals surface area contributed by atoms with Crippen molar-refractivity contribution >= 4 is 24.0 Å². The fraction of sp³-hybridized carbons (Fsp3) is 0.130. The minimum atomic E-state index is -0.877. The van der Waals surface area contributed by atoms with E-state index in [1.165, 1.54) is 12.3 Å². The van der Waals surface area contributed by atoms with Crippen LogP contribution in [0.25, 0.3) is 11.1 Å². The molecule has 0 spiro atoms. The highest BCUT2D eigenvalue weighted by Crippen LogP contribution is 2.31. The number of ether oxygens (including phenoxy) is 1. The number of aldehydes is 1. The first-order valence-electron chi connectivity index (χ1n) is 9.42. The molecule has 0 aliphatic carbocycles. The lowest BCUT2D eigenvalue weighted by atomic mass is 10.00. The van der Waals surface area contributed by atoms with Gasteiger partial charge < -0.3 is 15.8 Å². The zero-order valence-corrected chi connectivity index (χ0v) is 16.2. The number of carbonyl (C=O) groups excluding carboxylic acids is 3. The van der Waals surface area contributed by atoms with Gasteiger partial charge in [-0.2, -0.15) is 0 Å². The summed E-state index contributed by atoms with van der Waals surface area (Å²) in [6.45, 7) is 0. The first-order chi connectivity index (χ1) is 14.5. The summed E-state index contributed by atoms with van der Waals surface area (Å²) in [7, 11) is 0. The Labute approximate surface area is 173 Å². The minimum absolute atomic E-state index is 0.148. The average Bonchev–Trinajstić information content (AvgIpc) is 2.75. The van der Waals surface area contributed by atoms with Crippen molar-refractivity contribution in [1.82, 2.24) is 4.98 Å². The Bertz CT molecular complexity index is 1030. The molecule has 3 N–H and O–H groups in total. The molecule has 2 aromatic carbocycles. The van der Waals surface area contributed by atoms with Crippen LogP contribution in [-0.4, -0.2) is 23.3 Å². The standard InChI is InChI=1S/C23H21N3O4/c24-23(29)30-21-13-16(9-12-20(21)17-6-2-1-3-7-17)5-4-8-22(28)26-18-10-11-19(15-27)25-14-18/h1-3,6-7,9-15H,4-5,8H2,(H2,24,29)(H,26,28). The molecule has 3 aromatic rings. The molecule has 7 nitrogen and oxygen atoms in total. The van der Waals surface area contributed by atoms with Gasteiger partial charge in [-0.3, -0.25) is 14.6 Å². The molecular formula is C23H21N3O4. The van der Waals surface area contributed by atoms with E-state index in [9.17, 15) is 14.4 Å². The monoisotopic (exact) mass is 403 g/mol. The molecule has 3 rings (SSSR count). The highest BCUT2D eigenvalue weighted by Gasteiger charge is 2.11. The number of carbonyl (C=O) groups is 3. The number of aromatic nitrogens is 1. The van der Waals surface area contributed by atoms with Crippen molar-refractivity contribution in [2.24, 2.45) is 5.73 Å². The molecule has 1 aromatic heterocycles. The van der Waals surface area contributed by atoms with E-state index in [0.29, 0.717) is 42.7 Å². The summed E-state index contributed by atoms with van der Waals surface area (Å²) in [5, 5.41) is 2.74. The van der Waals surface area contributed by atoms with Crippen molar-refractivity contribution in [1.29, 1.82) is 0 Å². The lowest BCUT2D eigenvalue weighted by Gasteiger charge is -2.11. The molecule has 0 aliphatic rings. The smallest absolute Gasteiger partial charge is 0.409 e. The molecule has 0 aliphatic heterocycles. The van der Waals surface area contributed by atoms with Gasteiger partial charge in [0.2, 0.25) is 5.91 Å². The lowest BCUT2D eigenvalue weighted by molar-refractivity contribution is -0.116. The first-order valence-corrected chi connectivity index (χ1v) is 9.42. The number of rotatable bonds is 8. The van der Waals surface area contributed by atoms with E-state index < -0.39 is 6.09 Å². The Hall–Kier alpha value is -4.00. The molecule has 1 heterocycles. The number of nitrogens with zero attached hydrogens (tertiary/aromatic N) is 1. The van der Waals surface area contributed by atoms with Gasteiger partial charge in [-0.1, -0.05) is 42.5 Å². The van der Waals surface area contributed by atoms with Crippen molar-refractivity contribution in [2.75, 3.05) is 5.32 Å². The number of hydrogen-bond acceptors (Lipinski definition) is 5. The van der Waals surface area contributed by atoms with Gasteiger partial charge in [-0.15, -0.1) is 0 Å². The van der Waals surface area contributed by atoms with E-state index in [4.69, 9.17) is 10.5 Å². The number of primary amides is 1. The van der Waals surface area contributed by atoms with Gasteiger partial charge in [0.1, 0.15) is 11.4 Å². The predicted molar refractivity (Wildman–Crippen MR) is 113 cm³/mol. The number of pyridine rings is 1. The Kier molecular flexibility index (Phi) is 6.89. The normalized spacial score (nSPS) is 10.3. The molecule has 0 fully saturated rings. The summed E-state index contributed by atoms with van der Waals surface area (Å²) in [5.74, 6) is 0.238. The van der Waals surface area contributed by atoms with Crippen LogP contribution in [0.3, 0.4) is 0 Å². The third kappa shape index (κ3) is 5.75. The average molecular weight is 403 g/mol. The van der Waals surface area contributed by atoms with E-state index >= 15 is 0 Å². The SMILES string of the molecule is NC(=O)Oc1cc(CCCC(=O)Nc2ccc(C=O)nc2)ccc1-c1ccccc1. The molecule has 7 heteroatoms. The maximum Gasteiger partial charge on any atom is 0.409 e. The molecule has 2 amide bonds. The van der Waals surface area contributed by atoms with Crippen LogP contribution < -0.4 is 15.8 Å². The van der Waals surface area contributed by atoms with Gasteiger partial charge in [-0.25, -0.2) is 4.79 Å². The number of anilines is 1. The van der Waals surface area contributed by atoms with E-state index in [2.05, 4.69) is 10.3 Å². The van der Waals surface area contributed by atoms with Crippen molar-refractivity contribution in [3.8, 4) is 16.9 Å². The molecule has 0 radical (unpaired) electrons. The highest BCUT2D eigenvalue weighted by atomic mass is 16.5. The maximum atomic E-state index is 12.1. The summed E-state index contributed by atoms with van der Waals surface area (Å²) >= 11 is 0. The highest BCUT2D eigenvalue weighted by molar-refractivity contribution is 5.90. The molecule has 152 valence electrons. The van der Waals surface area contributed by atoms with Crippen LogP contribution in [0.1, 0.15) is 28.9 Å². The minimum Gasteiger partial charge on any atom is -0.410 e. The largest absolute Gasteiger partial charge is 0.410 e. The summed E-state index contributed by atoms with van der Waals surface area (Å²) in [4.78, 5) is 37.9.